The second-order valence-corrected chi connectivity index (χ2v) is 11.1. The molecule has 0 aliphatic carbocycles. The number of hydrogen-bond donors (Lipinski definition) is 4. The van der Waals surface area contributed by atoms with Crippen LogP contribution in [0.1, 0.15) is 29.0 Å². The molecule has 1 atom stereocenters. The van der Waals surface area contributed by atoms with Crippen LogP contribution in [0.4, 0.5) is 37.8 Å². The number of carboxylic acid groups (broad SMARTS) is 2. The number of nitrogens with zero attached hydrogens (tertiary/aromatic N) is 8. The number of imidazole rings is 1. The lowest BCUT2D eigenvalue weighted by Gasteiger charge is -2.38. The summed E-state index contributed by atoms with van der Waals surface area (Å²) in [6, 6.07) is 7.45. The Bertz CT molecular complexity index is 2000. The summed E-state index contributed by atoms with van der Waals surface area (Å²) in [5.74, 6) is -4.94. The van der Waals surface area contributed by atoms with Crippen LogP contribution < -0.4 is 10.2 Å². The normalized spacial score (nSPS) is 13.9. The minimum Gasteiger partial charge on any atom is -0.475 e. The van der Waals surface area contributed by atoms with Gasteiger partial charge >= 0.3 is 24.3 Å². The number of fused-ring (bicyclic) bond motifs is 2. The van der Waals surface area contributed by atoms with Gasteiger partial charge in [-0.05, 0) is 31.2 Å². The van der Waals surface area contributed by atoms with Gasteiger partial charge in [0.25, 0.3) is 5.91 Å². The third-order valence-electron chi connectivity index (χ3n) is 7.18. The number of carbonyl (C=O) groups excluding carboxylic acids is 1. The van der Waals surface area contributed by atoms with Gasteiger partial charge < -0.3 is 30.3 Å². The molecule has 1 fully saturated rings. The molecular formula is C29H27ClF6N10O5. The smallest absolute Gasteiger partial charge is 0.475 e. The fourth-order valence-electron chi connectivity index (χ4n) is 4.85. The number of aromatic amines is 1. The van der Waals surface area contributed by atoms with Gasteiger partial charge in [0.1, 0.15) is 17.5 Å². The maximum absolute atomic E-state index is 12.9. The first-order valence-corrected chi connectivity index (χ1v) is 14.9. The molecule has 6 rings (SSSR count). The van der Waals surface area contributed by atoms with Crippen LogP contribution in [0.5, 0.6) is 0 Å². The number of pyridine rings is 1. The van der Waals surface area contributed by atoms with Crippen molar-refractivity contribution < 1.29 is 50.9 Å². The molecule has 1 aliphatic heterocycles. The van der Waals surface area contributed by atoms with E-state index in [-0.39, 0.29) is 11.9 Å². The molecule has 4 aromatic heterocycles. The van der Waals surface area contributed by atoms with E-state index in [1.54, 1.807) is 29.5 Å². The Balaban J connectivity index is 0.000000353. The number of rotatable bonds is 5. The Hall–Kier alpha value is -5.73. The van der Waals surface area contributed by atoms with Crippen molar-refractivity contribution in [1.29, 1.82) is 0 Å². The van der Waals surface area contributed by atoms with Crippen molar-refractivity contribution in [2.24, 2.45) is 7.05 Å². The van der Waals surface area contributed by atoms with Gasteiger partial charge in [0.2, 0.25) is 0 Å². The van der Waals surface area contributed by atoms with Gasteiger partial charge in [-0.15, -0.1) is 0 Å². The summed E-state index contributed by atoms with van der Waals surface area (Å²) in [7, 11) is 1.81. The van der Waals surface area contributed by atoms with E-state index >= 15 is 0 Å². The Kier molecular flexibility index (Phi) is 11.5. The zero-order chi connectivity index (χ0) is 37.7. The first-order valence-electron chi connectivity index (χ1n) is 14.5. The summed E-state index contributed by atoms with van der Waals surface area (Å²) in [4.78, 5) is 55.6. The van der Waals surface area contributed by atoms with Crippen LogP contribution in [-0.2, 0) is 16.6 Å². The monoisotopic (exact) mass is 744 g/mol. The molecule has 0 bridgehead atoms. The predicted molar refractivity (Wildman–Crippen MR) is 169 cm³/mol. The number of amides is 1. The molecule has 51 heavy (non-hydrogen) atoms. The van der Waals surface area contributed by atoms with Crippen molar-refractivity contribution in [2.45, 2.75) is 25.3 Å². The van der Waals surface area contributed by atoms with Crippen molar-refractivity contribution in [3.63, 3.8) is 0 Å². The topological polar surface area (TPSA) is 195 Å². The van der Waals surface area contributed by atoms with E-state index in [9.17, 15) is 31.1 Å². The second-order valence-electron chi connectivity index (χ2n) is 10.6. The number of alkyl halides is 6. The highest BCUT2D eigenvalue weighted by atomic mass is 35.5. The largest absolute Gasteiger partial charge is 0.490 e. The molecular weight excluding hydrogens is 718 g/mol. The number of benzene rings is 1. The lowest BCUT2D eigenvalue weighted by molar-refractivity contribution is -0.193. The molecule has 272 valence electrons. The van der Waals surface area contributed by atoms with Gasteiger partial charge in [0.05, 0.1) is 28.6 Å². The molecule has 1 aliphatic rings. The van der Waals surface area contributed by atoms with Crippen molar-refractivity contribution in [3.05, 3.63) is 65.6 Å². The van der Waals surface area contributed by atoms with E-state index < -0.39 is 24.3 Å². The van der Waals surface area contributed by atoms with Gasteiger partial charge in [0.15, 0.2) is 11.5 Å². The summed E-state index contributed by atoms with van der Waals surface area (Å²) >= 11 is 6.74. The van der Waals surface area contributed by atoms with Crippen LogP contribution in [0.3, 0.4) is 0 Å². The second kappa shape index (κ2) is 15.4. The zero-order valence-electron chi connectivity index (χ0n) is 26.4. The Morgan fingerprint density at radius 1 is 0.941 bits per heavy atom. The standard InChI is InChI=1S/C25H25ClN10O.2C2HF3O2/c1-15(32-24-21-23(29-13-28-21)30-14-31-24)17-12-18(26)16-4-3-6-27-20(16)22(17)35-8-10-36(11-9-35)25(37)19-5-7-34(2)33-19;2*3-2(4,5)1(6)7/h3-7,12-15H,8-11H2,1-2H3,(H2,28,29,30,31,32);2*(H,6,7). The molecule has 1 amide bonds. The molecule has 1 unspecified atom stereocenters. The van der Waals surface area contributed by atoms with Crippen LogP contribution in [0.25, 0.3) is 22.1 Å². The van der Waals surface area contributed by atoms with Gasteiger partial charge in [-0.1, -0.05) is 11.6 Å². The molecule has 15 nitrogen and oxygen atoms in total. The number of nitrogens with one attached hydrogen (secondary N) is 2. The average Bonchev–Trinajstić information content (AvgIpc) is 3.74. The Morgan fingerprint density at radius 2 is 1.57 bits per heavy atom. The molecule has 5 heterocycles. The number of hydrogen-bond acceptors (Lipinski definition) is 10. The molecule has 5 aromatic rings. The Labute approximate surface area is 287 Å². The summed E-state index contributed by atoms with van der Waals surface area (Å²) in [6.45, 7) is 4.53. The lowest BCUT2D eigenvalue weighted by atomic mass is 10.0. The van der Waals surface area contributed by atoms with E-state index in [0.29, 0.717) is 53.9 Å². The molecule has 1 aromatic carbocycles. The number of carbonyl (C=O) groups is 3. The van der Waals surface area contributed by atoms with Crippen molar-refractivity contribution in [3.8, 4) is 0 Å². The number of aliphatic carboxylic acids is 2. The SMILES string of the molecule is CC(Nc1ncnc2[nH]cnc12)c1cc(Cl)c2cccnc2c1N1CCN(C(=O)c2ccn(C)n2)CC1.O=C(O)C(F)(F)F.O=C(O)C(F)(F)F. The van der Waals surface area contributed by atoms with E-state index in [4.69, 9.17) is 36.4 Å². The van der Waals surface area contributed by atoms with Crippen LogP contribution in [0.2, 0.25) is 5.02 Å². The quantitative estimate of drug-likeness (QED) is 0.182. The van der Waals surface area contributed by atoms with Crippen LogP contribution in [0, 0.1) is 0 Å². The van der Waals surface area contributed by atoms with Crippen molar-refractivity contribution in [2.75, 3.05) is 36.4 Å². The van der Waals surface area contributed by atoms with Crippen molar-refractivity contribution in [1.82, 2.24) is 39.6 Å². The molecule has 4 N–H and O–H groups in total. The lowest BCUT2D eigenvalue weighted by Crippen LogP contribution is -2.49. The summed E-state index contributed by atoms with van der Waals surface area (Å²) in [6.07, 6.45) is -3.50. The molecule has 0 radical (unpaired) electrons. The number of aryl methyl sites for hydroxylation is 1. The Morgan fingerprint density at radius 3 is 2.14 bits per heavy atom. The number of halogens is 7. The summed E-state index contributed by atoms with van der Waals surface area (Å²) < 4.78 is 65.1. The fraction of sp³-hybridized carbons (Fsp3) is 0.310. The predicted octanol–water partition coefficient (Wildman–Crippen LogP) is 4.69. The highest BCUT2D eigenvalue weighted by Crippen LogP contribution is 2.39. The number of piperazine rings is 1. The fourth-order valence-corrected chi connectivity index (χ4v) is 5.12. The number of H-pyrrole nitrogens is 1. The van der Waals surface area contributed by atoms with E-state index in [2.05, 4.69) is 42.2 Å². The number of aromatic nitrogens is 7. The maximum Gasteiger partial charge on any atom is 0.490 e. The highest BCUT2D eigenvalue weighted by Gasteiger charge is 2.39. The first-order chi connectivity index (χ1) is 23.9. The summed E-state index contributed by atoms with van der Waals surface area (Å²) in [5.41, 5.74) is 4.61. The van der Waals surface area contributed by atoms with Crippen LogP contribution in [0.15, 0.2) is 49.3 Å². The van der Waals surface area contributed by atoms with Gasteiger partial charge in [-0.2, -0.15) is 31.4 Å². The van der Waals surface area contributed by atoms with Gasteiger partial charge in [-0.3, -0.25) is 14.5 Å². The molecule has 1 saturated heterocycles. The minimum atomic E-state index is -5.08. The third kappa shape index (κ3) is 9.29. The highest BCUT2D eigenvalue weighted by molar-refractivity contribution is 6.36. The third-order valence-corrected chi connectivity index (χ3v) is 7.50. The molecule has 0 spiro atoms. The van der Waals surface area contributed by atoms with Crippen LogP contribution in [-0.4, -0.2) is 106 Å². The van der Waals surface area contributed by atoms with Gasteiger partial charge in [-0.25, -0.2) is 24.5 Å². The maximum atomic E-state index is 12.9. The van der Waals surface area contributed by atoms with Crippen LogP contribution >= 0.6 is 11.6 Å². The van der Waals surface area contributed by atoms with Crippen molar-refractivity contribution >= 4 is 63.0 Å². The van der Waals surface area contributed by atoms with E-state index in [0.717, 1.165) is 22.2 Å². The van der Waals surface area contributed by atoms with Gasteiger partial charge in [0, 0.05) is 56.6 Å². The average molecular weight is 745 g/mol. The first kappa shape index (κ1) is 38.1. The minimum absolute atomic E-state index is 0.0543. The van der Waals surface area contributed by atoms with E-state index in [1.807, 2.05) is 30.1 Å². The molecule has 0 saturated carbocycles. The number of anilines is 2. The van der Waals surface area contributed by atoms with E-state index in [1.165, 1.54) is 6.33 Å². The zero-order valence-corrected chi connectivity index (χ0v) is 27.1. The summed E-state index contributed by atoms with van der Waals surface area (Å²) in [5, 5.41) is 23.5. The number of carboxylic acids is 2. The molecule has 22 heteroatoms.